The fourth-order valence-electron chi connectivity index (χ4n) is 7.45. The average molecular weight is 1010 g/mol. The average Bonchev–Trinajstić information content (AvgIpc) is 3.84. The molecular formula is C49H55FN10O9S2. The Bertz CT molecular complexity index is 2700. The molecule has 3 fully saturated rings. The molecule has 0 unspecified atom stereocenters. The van der Waals surface area contributed by atoms with Crippen LogP contribution >= 0.6 is 21.6 Å². The minimum Gasteiger partial charge on any atom is -0.490 e. The Morgan fingerprint density at radius 1 is 0.958 bits per heavy atom. The minimum absolute atomic E-state index is 0.0203. The van der Waals surface area contributed by atoms with E-state index in [9.17, 15) is 33.6 Å². The molecule has 0 spiro atoms. The van der Waals surface area contributed by atoms with Crippen LogP contribution in [0, 0.1) is 11.7 Å². The molecule has 0 bridgehead atoms. The number of pyridine rings is 1. The van der Waals surface area contributed by atoms with Crippen molar-refractivity contribution in [2.45, 2.75) is 82.9 Å². The van der Waals surface area contributed by atoms with Crippen LogP contribution in [0.1, 0.15) is 102 Å². The van der Waals surface area contributed by atoms with Crippen molar-refractivity contribution in [3.63, 3.8) is 0 Å². The van der Waals surface area contributed by atoms with Gasteiger partial charge in [0, 0.05) is 112 Å². The minimum atomic E-state index is -1.75. The van der Waals surface area contributed by atoms with Crippen LogP contribution < -0.4 is 25.7 Å². The fourth-order valence-corrected chi connectivity index (χ4v) is 9.93. The van der Waals surface area contributed by atoms with Crippen molar-refractivity contribution in [1.29, 1.82) is 0 Å². The second-order valence-corrected chi connectivity index (χ2v) is 20.5. The number of carbonyl (C=O) groups excluding carboxylic acids is 7. The van der Waals surface area contributed by atoms with Gasteiger partial charge < -0.3 is 30.0 Å². The van der Waals surface area contributed by atoms with Crippen molar-refractivity contribution in [2.24, 2.45) is 11.0 Å². The molecule has 22 heteroatoms. The number of nitrogens with one attached hydrogen (secondary N) is 3. The molecule has 71 heavy (non-hydrogen) atoms. The third-order valence-corrected chi connectivity index (χ3v) is 14.7. The standard InChI is InChI=1S/C49H55FN10O9S2/c1-31(46-52-29-37(30-53-46)68-22-5-7-45(65)69-60-43(63)14-15-44(60)64)56-57-41(61)26-49(2,3)71-70-23-16-42(62)59-20-18-58(19-21-59)36-12-9-32(10-13-36)47(66)54-28-34-8-11-35(24-40(34)50)55-48(67)39-25-38(39)33-6-4-17-51-27-33/h4,6,8-13,17,24,27,29-30,38-39H,5,7,14-16,18-23,25-26,28H2,1-3H3,(H,54,66)(H,55,67)(H,57,61)/b56-31+/t38-,39+/m1/s1/i25D2. The molecule has 374 valence electrons. The van der Waals surface area contributed by atoms with Gasteiger partial charge in [0.1, 0.15) is 11.5 Å². The van der Waals surface area contributed by atoms with E-state index in [0.29, 0.717) is 66.0 Å². The number of ether oxygens (including phenoxy) is 1. The van der Waals surface area contributed by atoms with E-state index in [1.54, 1.807) is 37.4 Å². The van der Waals surface area contributed by atoms with Crippen molar-refractivity contribution in [3.8, 4) is 5.75 Å². The monoisotopic (exact) mass is 1010 g/mol. The lowest BCUT2D eigenvalue weighted by Gasteiger charge is -2.36. The molecule has 2 saturated heterocycles. The maximum atomic E-state index is 15.1. The molecule has 4 aromatic rings. The van der Waals surface area contributed by atoms with Gasteiger partial charge in [-0.3, -0.25) is 33.8 Å². The number of hydroxylamine groups is 2. The highest BCUT2D eigenvalue weighted by molar-refractivity contribution is 8.77. The van der Waals surface area contributed by atoms with Crippen LogP contribution in [-0.4, -0.2) is 115 Å². The van der Waals surface area contributed by atoms with Crippen LogP contribution in [0.2, 0.25) is 0 Å². The van der Waals surface area contributed by atoms with E-state index in [-0.39, 0.29) is 74.1 Å². The van der Waals surface area contributed by atoms with Gasteiger partial charge in [-0.05, 0) is 87.5 Å². The smallest absolute Gasteiger partial charge is 0.333 e. The van der Waals surface area contributed by atoms with E-state index >= 15 is 4.39 Å². The number of piperazine rings is 1. The third-order valence-electron chi connectivity index (χ3n) is 11.4. The van der Waals surface area contributed by atoms with Crippen LogP contribution in [0.25, 0.3) is 0 Å². The van der Waals surface area contributed by atoms with Crippen molar-refractivity contribution in [2.75, 3.05) is 48.8 Å². The predicted octanol–water partition coefficient (Wildman–Crippen LogP) is 5.58. The lowest BCUT2D eigenvalue weighted by Crippen LogP contribution is -2.48. The van der Waals surface area contributed by atoms with Crippen molar-refractivity contribution >= 4 is 80.1 Å². The Kier molecular flexibility index (Phi) is 16.8. The first-order chi connectivity index (χ1) is 34.9. The molecule has 4 heterocycles. The van der Waals surface area contributed by atoms with Crippen molar-refractivity contribution in [3.05, 3.63) is 108 Å². The van der Waals surface area contributed by atoms with Crippen molar-refractivity contribution in [1.82, 2.24) is 35.7 Å². The number of hydrogen-bond acceptors (Lipinski definition) is 16. The van der Waals surface area contributed by atoms with E-state index in [2.05, 4.69) is 41.0 Å². The lowest BCUT2D eigenvalue weighted by molar-refractivity contribution is -0.197. The summed E-state index contributed by atoms with van der Waals surface area (Å²) in [5.74, 6) is -4.03. The molecule has 2 aromatic heterocycles. The van der Waals surface area contributed by atoms with Crippen LogP contribution in [-0.2, 0) is 40.1 Å². The fraction of sp³-hybridized carbons (Fsp3) is 0.408. The molecule has 2 aliphatic heterocycles. The highest BCUT2D eigenvalue weighted by atomic mass is 33.1. The Hall–Kier alpha value is -6.94. The second kappa shape index (κ2) is 24.3. The topological polar surface area (TPSA) is 235 Å². The number of hydrazone groups is 1. The number of aromatic nitrogens is 3. The van der Waals surface area contributed by atoms with E-state index in [1.165, 1.54) is 52.3 Å². The van der Waals surface area contributed by atoms with Gasteiger partial charge in [-0.15, -0.1) is 5.06 Å². The molecule has 2 aromatic carbocycles. The normalized spacial score (nSPS) is 18.0. The molecule has 3 N–H and O–H groups in total. The highest BCUT2D eigenvalue weighted by Gasteiger charge is 2.44. The number of amides is 6. The molecule has 3 aliphatic rings. The van der Waals surface area contributed by atoms with Crippen LogP contribution in [0.4, 0.5) is 15.8 Å². The third kappa shape index (κ3) is 15.0. The summed E-state index contributed by atoms with van der Waals surface area (Å²) in [4.78, 5) is 108. The Labute approximate surface area is 420 Å². The van der Waals surface area contributed by atoms with E-state index in [1.807, 2.05) is 30.9 Å². The summed E-state index contributed by atoms with van der Waals surface area (Å²) in [5.41, 5.74) is 5.23. The number of hydrogen-bond donors (Lipinski definition) is 3. The highest BCUT2D eigenvalue weighted by Crippen LogP contribution is 2.47. The van der Waals surface area contributed by atoms with Gasteiger partial charge in [0.15, 0.2) is 11.6 Å². The quantitative estimate of drug-likeness (QED) is 0.0287. The zero-order chi connectivity index (χ0) is 52.3. The summed E-state index contributed by atoms with van der Waals surface area (Å²) in [5, 5.41) is 9.99. The van der Waals surface area contributed by atoms with Gasteiger partial charge in [-0.1, -0.05) is 33.7 Å². The number of anilines is 2. The largest absolute Gasteiger partial charge is 0.490 e. The van der Waals surface area contributed by atoms with E-state index < -0.39 is 58.4 Å². The first kappa shape index (κ1) is 49.1. The lowest BCUT2D eigenvalue weighted by atomic mass is 10.1. The molecule has 19 nitrogen and oxygen atoms in total. The number of imide groups is 1. The molecule has 0 radical (unpaired) electrons. The Balaban J connectivity index is 0.743. The van der Waals surface area contributed by atoms with Gasteiger partial charge in [0.2, 0.25) is 17.7 Å². The molecular weight excluding hydrogens is 956 g/mol. The summed E-state index contributed by atoms with van der Waals surface area (Å²) in [6.45, 7) is 7.87. The number of halogens is 1. The zero-order valence-corrected chi connectivity index (χ0v) is 41.0. The Morgan fingerprint density at radius 3 is 2.38 bits per heavy atom. The summed E-state index contributed by atoms with van der Waals surface area (Å²) in [7, 11) is 3.04. The maximum Gasteiger partial charge on any atom is 0.333 e. The Morgan fingerprint density at radius 2 is 1.69 bits per heavy atom. The summed E-state index contributed by atoms with van der Waals surface area (Å²) < 4.78 is 36.7. The van der Waals surface area contributed by atoms with Crippen LogP contribution in [0.3, 0.4) is 0 Å². The first-order valence-electron chi connectivity index (χ1n) is 23.9. The van der Waals surface area contributed by atoms with Crippen LogP contribution in [0.15, 0.2) is 84.5 Å². The van der Waals surface area contributed by atoms with Gasteiger partial charge in [0.05, 0.1) is 25.4 Å². The SMILES string of the molecule is [2H]C1([2H])[C@H](C(=O)Nc2ccc(CNC(=O)c3ccc(N4CCN(C(=O)CCSSC(C)(C)CC(=O)N/N=C(\C)c5ncc(OCCCC(=O)ON6C(=O)CCC6=O)cn5)CC4)cc3)c(F)c2)[C@H]1c1cccnc1. The van der Waals surface area contributed by atoms with Gasteiger partial charge in [0.25, 0.3) is 17.7 Å². The first-order valence-corrected chi connectivity index (χ1v) is 25.3. The molecule has 6 amide bonds. The molecule has 7 rings (SSSR count). The zero-order valence-electron chi connectivity index (χ0n) is 41.4. The number of nitrogens with zero attached hydrogens (tertiary/aromatic N) is 7. The number of carbonyl (C=O) groups is 7. The van der Waals surface area contributed by atoms with Crippen molar-refractivity contribution < 1.29 is 50.3 Å². The number of benzene rings is 2. The predicted molar refractivity (Wildman–Crippen MR) is 264 cm³/mol. The molecule has 2 atom stereocenters. The second-order valence-electron chi connectivity index (χ2n) is 17.4. The molecule has 1 saturated carbocycles. The van der Waals surface area contributed by atoms with E-state index in [0.717, 1.165) is 11.8 Å². The van der Waals surface area contributed by atoms with Gasteiger partial charge in [-0.25, -0.2) is 24.6 Å². The van der Waals surface area contributed by atoms with Gasteiger partial charge >= 0.3 is 5.97 Å². The summed E-state index contributed by atoms with van der Waals surface area (Å²) in [6, 6.07) is 14.6. The number of rotatable bonds is 22. The molecule has 1 aliphatic carbocycles. The van der Waals surface area contributed by atoms with E-state index in [4.69, 9.17) is 12.3 Å². The summed E-state index contributed by atoms with van der Waals surface area (Å²) in [6.07, 6.45) is 4.97. The summed E-state index contributed by atoms with van der Waals surface area (Å²) >= 11 is 0. The van der Waals surface area contributed by atoms with Gasteiger partial charge in [-0.2, -0.15) is 5.10 Å². The van der Waals surface area contributed by atoms with Crippen LogP contribution in [0.5, 0.6) is 5.75 Å². The maximum absolute atomic E-state index is 15.1.